The fourth-order valence-electron chi connectivity index (χ4n) is 3.12. The lowest BCUT2D eigenvalue weighted by atomic mass is 10.0. The van der Waals surface area contributed by atoms with Crippen LogP contribution >= 0.6 is 0 Å². The topological polar surface area (TPSA) is 58.6 Å². The number of alkyl halides is 3. The van der Waals surface area contributed by atoms with Crippen molar-refractivity contribution in [3.63, 3.8) is 0 Å². The van der Waals surface area contributed by atoms with Crippen LogP contribution in [0, 0.1) is 5.82 Å². The molecule has 0 amide bonds. The van der Waals surface area contributed by atoms with Crippen molar-refractivity contribution >= 4 is 10.0 Å². The number of hydroxylamine groups is 2. The molecule has 1 N–H and O–H groups in total. The van der Waals surface area contributed by atoms with E-state index >= 15 is 0 Å². The summed E-state index contributed by atoms with van der Waals surface area (Å²) in [6, 6.07) is 9.20. The Balaban J connectivity index is 1.79. The van der Waals surface area contributed by atoms with Crippen LogP contribution in [-0.2, 0) is 27.6 Å². The van der Waals surface area contributed by atoms with Gasteiger partial charge in [-0.05, 0) is 29.3 Å². The van der Waals surface area contributed by atoms with E-state index in [0.717, 1.165) is 12.1 Å². The van der Waals surface area contributed by atoms with Gasteiger partial charge in [-0.15, -0.1) is 0 Å². The Morgan fingerprint density at radius 1 is 1.18 bits per heavy atom. The first-order valence-electron chi connectivity index (χ1n) is 8.34. The maximum absolute atomic E-state index is 13.6. The monoisotopic (exact) mass is 418 g/mol. The van der Waals surface area contributed by atoms with Gasteiger partial charge in [-0.3, -0.25) is 4.84 Å². The van der Waals surface area contributed by atoms with Gasteiger partial charge in [0.1, 0.15) is 11.1 Å². The molecule has 1 aliphatic rings. The van der Waals surface area contributed by atoms with Crippen molar-refractivity contribution in [2.75, 3.05) is 13.7 Å². The molecule has 28 heavy (non-hydrogen) atoms. The molecular formula is C18H18F4N2O3S. The molecule has 2 aromatic carbocycles. The van der Waals surface area contributed by atoms with Crippen molar-refractivity contribution in [3.8, 4) is 0 Å². The van der Waals surface area contributed by atoms with E-state index in [1.165, 1.54) is 42.4 Å². The van der Waals surface area contributed by atoms with E-state index in [2.05, 4.69) is 4.72 Å². The number of hydrogen-bond acceptors (Lipinski definition) is 4. The lowest BCUT2D eigenvalue weighted by molar-refractivity contribution is -0.137. The number of sulfonamides is 1. The molecule has 0 aliphatic carbocycles. The second kappa shape index (κ2) is 7.78. The van der Waals surface area contributed by atoms with Crippen LogP contribution < -0.4 is 4.72 Å². The lowest BCUT2D eigenvalue weighted by Crippen LogP contribution is -2.39. The molecule has 3 rings (SSSR count). The molecule has 1 aliphatic heterocycles. The summed E-state index contributed by atoms with van der Waals surface area (Å²) < 4.78 is 79.9. The summed E-state index contributed by atoms with van der Waals surface area (Å²) in [7, 11) is -2.43. The predicted octanol–water partition coefficient (Wildman–Crippen LogP) is 3.25. The molecule has 1 saturated heterocycles. The molecule has 0 bridgehead atoms. The first kappa shape index (κ1) is 20.7. The van der Waals surface area contributed by atoms with Crippen molar-refractivity contribution in [1.82, 2.24) is 9.79 Å². The molecule has 0 radical (unpaired) electrons. The summed E-state index contributed by atoms with van der Waals surface area (Å²) >= 11 is 0. The van der Waals surface area contributed by atoms with E-state index in [4.69, 9.17) is 4.84 Å². The fourth-order valence-corrected chi connectivity index (χ4v) is 4.61. The number of benzene rings is 2. The van der Waals surface area contributed by atoms with Crippen molar-refractivity contribution in [2.45, 2.75) is 24.0 Å². The number of rotatable bonds is 5. The molecule has 5 nitrogen and oxygen atoms in total. The Labute approximate surface area is 159 Å². The summed E-state index contributed by atoms with van der Waals surface area (Å²) in [6.07, 6.45) is -4.51. The van der Waals surface area contributed by atoms with Gasteiger partial charge in [0, 0.05) is 13.6 Å². The maximum atomic E-state index is 13.6. The van der Waals surface area contributed by atoms with Gasteiger partial charge in [0.15, 0.2) is 0 Å². The van der Waals surface area contributed by atoms with Gasteiger partial charge in [-0.1, -0.05) is 30.3 Å². The summed E-state index contributed by atoms with van der Waals surface area (Å²) in [6.45, 7) is -0.460. The van der Waals surface area contributed by atoms with Gasteiger partial charge in [-0.2, -0.15) is 18.2 Å². The third kappa shape index (κ3) is 4.52. The third-order valence-corrected chi connectivity index (χ3v) is 6.24. The molecule has 1 heterocycles. The highest BCUT2D eigenvalue weighted by molar-refractivity contribution is 7.90. The molecule has 0 unspecified atom stereocenters. The van der Waals surface area contributed by atoms with Crippen LogP contribution in [0.4, 0.5) is 17.6 Å². The van der Waals surface area contributed by atoms with Crippen LogP contribution in [0.3, 0.4) is 0 Å². The summed E-state index contributed by atoms with van der Waals surface area (Å²) in [5, 5.41) is 0.285. The van der Waals surface area contributed by atoms with Crippen molar-refractivity contribution in [1.29, 1.82) is 0 Å². The zero-order valence-corrected chi connectivity index (χ0v) is 15.6. The summed E-state index contributed by atoms with van der Waals surface area (Å²) in [5.41, 5.74) is -0.256. The van der Waals surface area contributed by atoms with E-state index in [-0.39, 0.29) is 18.7 Å². The van der Waals surface area contributed by atoms with E-state index in [9.17, 15) is 26.0 Å². The maximum Gasteiger partial charge on any atom is 0.416 e. The minimum Gasteiger partial charge on any atom is -0.297 e. The Kier molecular flexibility index (Phi) is 5.76. The number of nitrogens with one attached hydrogen (secondary N) is 1. The Morgan fingerprint density at radius 2 is 1.89 bits per heavy atom. The van der Waals surface area contributed by atoms with Gasteiger partial charge >= 0.3 is 6.18 Å². The smallest absolute Gasteiger partial charge is 0.297 e. The van der Waals surface area contributed by atoms with Crippen molar-refractivity contribution in [3.05, 3.63) is 71.0 Å². The number of nitrogens with zero attached hydrogens (tertiary/aromatic N) is 1. The Hall–Kier alpha value is -2.01. The van der Waals surface area contributed by atoms with E-state index in [1.807, 2.05) is 0 Å². The predicted molar refractivity (Wildman–Crippen MR) is 93.8 cm³/mol. The summed E-state index contributed by atoms with van der Waals surface area (Å²) in [4.78, 5) is 5.32. The van der Waals surface area contributed by atoms with Crippen molar-refractivity contribution < 1.29 is 30.8 Å². The van der Waals surface area contributed by atoms with Gasteiger partial charge in [0.05, 0.1) is 18.2 Å². The quantitative estimate of drug-likeness (QED) is 0.758. The number of halogens is 4. The minimum absolute atomic E-state index is 0.157. The van der Waals surface area contributed by atoms with Gasteiger partial charge < -0.3 is 0 Å². The first-order chi connectivity index (χ1) is 13.1. The summed E-state index contributed by atoms with van der Waals surface area (Å²) in [5.74, 6) is -0.508. The highest BCUT2D eigenvalue weighted by Gasteiger charge is 2.43. The second-order valence-corrected chi connectivity index (χ2v) is 8.43. The standard InChI is InChI=1S/C18H18F4N2O3S/c1-24-17(13-5-3-7-15(19)9-13)16(11-27-24)28(25,26)23-10-12-4-2-6-14(8-12)18(20,21)22/h2-9,16-17,23H,10-11H2,1H3/t16-,17+/m0/s1. The van der Waals surface area contributed by atoms with Crippen LogP contribution in [-0.4, -0.2) is 32.4 Å². The molecule has 2 aromatic rings. The van der Waals surface area contributed by atoms with Crippen LogP contribution in [0.15, 0.2) is 48.5 Å². The normalized spacial score (nSPS) is 21.2. The number of hydrogen-bond donors (Lipinski definition) is 1. The van der Waals surface area contributed by atoms with E-state index in [1.54, 1.807) is 6.07 Å². The third-order valence-electron chi connectivity index (χ3n) is 4.51. The Bertz CT molecular complexity index is 950. The highest BCUT2D eigenvalue weighted by Crippen LogP contribution is 2.34. The minimum atomic E-state index is -4.51. The highest BCUT2D eigenvalue weighted by atomic mass is 32.2. The Morgan fingerprint density at radius 3 is 2.57 bits per heavy atom. The van der Waals surface area contributed by atoms with Crippen LogP contribution in [0.5, 0.6) is 0 Å². The van der Waals surface area contributed by atoms with Crippen molar-refractivity contribution in [2.24, 2.45) is 0 Å². The van der Waals surface area contributed by atoms with Gasteiger partial charge in [-0.25, -0.2) is 17.5 Å². The molecule has 0 saturated carbocycles. The van der Waals surface area contributed by atoms with Gasteiger partial charge in [0.2, 0.25) is 10.0 Å². The fraction of sp³-hybridized carbons (Fsp3) is 0.333. The second-order valence-electron chi connectivity index (χ2n) is 6.44. The SMILES string of the molecule is CN1OC[C@H](S(=O)(=O)NCc2cccc(C(F)(F)F)c2)[C@H]1c1cccc(F)c1. The zero-order valence-electron chi connectivity index (χ0n) is 14.8. The largest absolute Gasteiger partial charge is 0.416 e. The molecule has 2 atom stereocenters. The molecule has 152 valence electrons. The van der Waals surface area contributed by atoms with Crippen LogP contribution in [0.1, 0.15) is 22.7 Å². The van der Waals surface area contributed by atoms with Crippen LogP contribution in [0.25, 0.3) is 0 Å². The average molecular weight is 418 g/mol. The van der Waals surface area contributed by atoms with E-state index < -0.39 is 38.9 Å². The molecule has 10 heteroatoms. The zero-order chi connectivity index (χ0) is 20.5. The van der Waals surface area contributed by atoms with Crippen LogP contribution in [0.2, 0.25) is 0 Å². The molecular weight excluding hydrogens is 400 g/mol. The lowest BCUT2D eigenvalue weighted by Gasteiger charge is -2.23. The first-order valence-corrected chi connectivity index (χ1v) is 9.88. The average Bonchev–Trinajstić information content (AvgIpc) is 3.02. The molecule has 1 fully saturated rings. The molecule has 0 aromatic heterocycles. The van der Waals surface area contributed by atoms with Gasteiger partial charge in [0.25, 0.3) is 0 Å². The molecule has 0 spiro atoms. The van der Waals surface area contributed by atoms with E-state index in [0.29, 0.717) is 5.56 Å².